The second-order valence-electron chi connectivity index (χ2n) is 17.4. The molecular weight excluding hydrogens is 819 g/mol. The Bertz CT molecular complexity index is 3860. The average Bonchev–Trinajstić information content (AvgIpc) is 4.15. The number of fused-ring (bicyclic) bond motifs is 13. The van der Waals surface area contributed by atoms with Crippen LogP contribution in [0.4, 0.5) is 0 Å². The lowest BCUT2D eigenvalue weighted by Crippen LogP contribution is -2.26. The maximum atomic E-state index is 7.22. The molecule has 67 heavy (non-hydrogen) atoms. The number of rotatable bonds is 6. The molecule has 312 valence electrons. The molecule has 2 aliphatic rings. The van der Waals surface area contributed by atoms with E-state index < -0.39 is 5.41 Å². The molecule has 3 heterocycles. The molecule has 0 aliphatic heterocycles. The van der Waals surface area contributed by atoms with Crippen molar-refractivity contribution in [2.45, 2.75) is 5.41 Å². The summed E-state index contributed by atoms with van der Waals surface area (Å²) < 4.78 is 13.8. The molecule has 2 aliphatic carbocycles. The molecule has 3 aromatic heterocycles. The van der Waals surface area contributed by atoms with Gasteiger partial charge in [-0.3, -0.25) is 0 Å². The molecule has 0 bridgehead atoms. The summed E-state index contributed by atoms with van der Waals surface area (Å²) >= 11 is 0. The third kappa shape index (κ3) is 5.52. The summed E-state index contributed by atoms with van der Waals surface area (Å²) in [6, 6.07) is 79.0. The van der Waals surface area contributed by atoms with Crippen LogP contribution < -0.4 is 0 Å². The molecule has 1 unspecified atom stereocenters. The summed E-state index contributed by atoms with van der Waals surface area (Å²) in [6.07, 6.45) is 0. The summed E-state index contributed by atoms with van der Waals surface area (Å²) in [6.45, 7) is 0. The summed E-state index contributed by atoms with van der Waals surface area (Å²) in [5.41, 5.74) is 17.7. The molecule has 1 spiro atoms. The number of nitrogens with zero attached hydrogens (tertiary/aromatic N) is 3. The quantitative estimate of drug-likeness (QED) is 0.167. The largest absolute Gasteiger partial charge is 0.456 e. The Kier molecular flexibility index (Phi) is 8.13. The summed E-state index contributed by atoms with van der Waals surface area (Å²) in [5, 5.41) is 1.95. The van der Waals surface area contributed by atoms with Crippen molar-refractivity contribution in [1.29, 1.82) is 0 Å². The molecule has 5 nitrogen and oxygen atoms in total. The van der Waals surface area contributed by atoms with Gasteiger partial charge >= 0.3 is 0 Å². The van der Waals surface area contributed by atoms with Gasteiger partial charge in [-0.1, -0.05) is 200 Å². The Morgan fingerprint density at radius 1 is 0.313 bits per heavy atom. The average molecular weight is 856 g/mol. The maximum Gasteiger partial charge on any atom is 0.164 e. The lowest BCUT2D eigenvalue weighted by molar-refractivity contribution is 0.588. The minimum atomic E-state index is -0.652. The zero-order valence-electron chi connectivity index (χ0n) is 36.0. The minimum absolute atomic E-state index is 0.587. The van der Waals surface area contributed by atoms with E-state index in [1.54, 1.807) is 0 Å². The van der Waals surface area contributed by atoms with Crippen LogP contribution in [0.15, 0.2) is 233 Å². The fourth-order valence-corrected chi connectivity index (χ4v) is 10.9. The van der Waals surface area contributed by atoms with Gasteiger partial charge < -0.3 is 8.83 Å². The Labute approximate surface area is 386 Å². The van der Waals surface area contributed by atoms with E-state index in [1.165, 1.54) is 38.9 Å². The van der Waals surface area contributed by atoms with Crippen LogP contribution in [-0.2, 0) is 5.41 Å². The zero-order chi connectivity index (χ0) is 44.1. The van der Waals surface area contributed by atoms with Gasteiger partial charge in [0.1, 0.15) is 22.7 Å². The van der Waals surface area contributed by atoms with Crippen molar-refractivity contribution in [3.8, 4) is 90.2 Å². The van der Waals surface area contributed by atoms with Crippen LogP contribution in [0.2, 0.25) is 0 Å². The van der Waals surface area contributed by atoms with Crippen molar-refractivity contribution in [3.63, 3.8) is 0 Å². The summed E-state index contributed by atoms with van der Waals surface area (Å²) in [4.78, 5) is 15.2. The van der Waals surface area contributed by atoms with Crippen LogP contribution in [0.5, 0.6) is 0 Å². The second-order valence-corrected chi connectivity index (χ2v) is 17.4. The first-order valence-electron chi connectivity index (χ1n) is 22.7. The van der Waals surface area contributed by atoms with E-state index in [0.717, 1.165) is 78.0 Å². The molecule has 14 rings (SSSR count). The standard InChI is InChI=1S/C62H37N3O2/c1-5-18-38(19-6-1)57-55-46-27-14-16-30-50(46)62(56(55)58(67-57)39-20-7-2-8-21-39)49-29-15-13-26-44(49)45-34-32-43(37-51(45)62)42-33-35-52-48(36-42)54-47(28-17-31-53(54)66-52)61-64-59(40-22-9-3-10-23-40)63-60(65-61)41-24-11-4-12-25-41/h1-37H. The molecule has 5 heteroatoms. The van der Waals surface area contributed by atoms with Gasteiger partial charge in [0.15, 0.2) is 17.5 Å². The number of hydrogen-bond donors (Lipinski definition) is 0. The molecule has 0 saturated heterocycles. The van der Waals surface area contributed by atoms with Gasteiger partial charge in [0.05, 0.1) is 5.41 Å². The zero-order valence-corrected chi connectivity index (χ0v) is 36.0. The van der Waals surface area contributed by atoms with Crippen LogP contribution in [0, 0.1) is 0 Å². The fourth-order valence-electron chi connectivity index (χ4n) is 10.9. The van der Waals surface area contributed by atoms with Crippen molar-refractivity contribution in [2.24, 2.45) is 0 Å². The lowest BCUT2D eigenvalue weighted by atomic mass is 9.69. The smallest absolute Gasteiger partial charge is 0.164 e. The Morgan fingerprint density at radius 3 is 1.49 bits per heavy atom. The molecule has 0 N–H and O–H groups in total. The van der Waals surface area contributed by atoms with Gasteiger partial charge in [-0.2, -0.15) is 0 Å². The van der Waals surface area contributed by atoms with Crippen LogP contribution in [0.25, 0.3) is 112 Å². The fraction of sp³-hybridized carbons (Fsp3) is 0.0161. The Morgan fingerprint density at radius 2 is 0.821 bits per heavy atom. The number of aromatic nitrogens is 3. The normalized spacial score (nSPS) is 14.3. The lowest BCUT2D eigenvalue weighted by Gasteiger charge is -2.30. The molecular formula is C62H37N3O2. The molecule has 12 aromatic rings. The highest BCUT2D eigenvalue weighted by molar-refractivity contribution is 6.13. The molecule has 1 atom stereocenters. The number of hydrogen-bond acceptors (Lipinski definition) is 5. The molecule has 0 saturated carbocycles. The van der Waals surface area contributed by atoms with E-state index in [1.807, 2.05) is 72.8 Å². The van der Waals surface area contributed by atoms with Crippen molar-refractivity contribution in [1.82, 2.24) is 15.0 Å². The second kappa shape index (κ2) is 14.5. The monoisotopic (exact) mass is 855 g/mol. The van der Waals surface area contributed by atoms with Crippen LogP contribution in [-0.4, -0.2) is 15.0 Å². The molecule has 0 radical (unpaired) electrons. The highest BCUT2D eigenvalue weighted by Crippen LogP contribution is 2.67. The van der Waals surface area contributed by atoms with E-state index >= 15 is 0 Å². The van der Waals surface area contributed by atoms with Gasteiger partial charge in [-0.05, 0) is 68.8 Å². The first-order chi connectivity index (χ1) is 33.2. The third-order valence-corrected chi connectivity index (χ3v) is 13.8. The van der Waals surface area contributed by atoms with Crippen LogP contribution in [0.3, 0.4) is 0 Å². The van der Waals surface area contributed by atoms with E-state index in [4.69, 9.17) is 23.8 Å². The van der Waals surface area contributed by atoms with Crippen molar-refractivity contribution < 1.29 is 8.83 Å². The predicted octanol–water partition coefficient (Wildman–Crippen LogP) is 15.7. The van der Waals surface area contributed by atoms with Crippen molar-refractivity contribution >= 4 is 21.9 Å². The predicted molar refractivity (Wildman–Crippen MR) is 268 cm³/mol. The first-order valence-corrected chi connectivity index (χ1v) is 22.7. The number of furan rings is 2. The van der Waals surface area contributed by atoms with Crippen LogP contribution >= 0.6 is 0 Å². The van der Waals surface area contributed by atoms with Gasteiger partial charge in [0.25, 0.3) is 0 Å². The van der Waals surface area contributed by atoms with E-state index in [2.05, 4.69) is 152 Å². The molecule has 9 aromatic carbocycles. The summed E-state index contributed by atoms with van der Waals surface area (Å²) in [7, 11) is 0. The summed E-state index contributed by atoms with van der Waals surface area (Å²) in [5.74, 6) is 3.59. The van der Waals surface area contributed by atoms with E-state index in [0.29, 0.717) is 17.5 Å². The van der Waals surface area contributed by atoms with Gasteiger partial charge in [-0.25, -0.2) is 15.0 Å². The Balaban J connectivity index is 0.994. The van der Waals surface area contributed by atoms with Crippen LogP contribution in [0.1, 0.15) is 22.3 Å². The van der Waals surface area contributed by atoms with Gasteiger partial charge in [0.2, 0.25) is 0 Å². The Hall–Kier alpha value is -8.93. The SMILES string of the molecule is c1ccc(-c2nc(-c3ccccc3)nc(-c3cccc4oc5ccc(-c6ccc7c(c6)C6(c8ccccc8-7)c7ccccc7-c7c(-c8ccccc8)oc(-c8ccccc8)c76)cc5c34)n2)cc1. The van der Waals surface area contributed by atoms with Gasteiger partial charge in [0, 0.05) is 49.7 Å². The minimum Gasteiger partial charge on any atom is -0.456 e. The van der Waals surface area contributed by atoms with Crippen molar-refractivity contribution in [3.05, 3.63) is 247 Å². The highest BCUT2D eigenvalue weighted by Gasteiger charge is 2.55. The maximum absolute atomic E-state index is 7.22. The van der Waals surface area contributed by atoms with E-state index in [9.17, 15) is 0 Å². The van der Waals surface area contributed by atoms with Crippen molar-refractivity contribution in [2.75, 3.05) is 0 Å². The number of benzene rings is 9. The molecule has 0 amide bonds. The molecule has 0 fully saturated rings. The first kappa shape index (κ1) is 37.4. The third-order valence-electron chi connectivity index (χ3n) is 13.8. The topological polar surface area (TPSA) is 65.0 Å². The highest BCUT2D eigenvalue weighted by atomic mass is 16.3. The van der Waals surface area contributed by atoms with Gasteiger partial charge in [-0.15, -0.1) is 0 Å². The van der Waals surface area contributed by atoms with E-state index in [-0.39, 0.29) is 0 Å².